The summed E-state index contributed by atoms with van der Waals surface area (Å²) in [7, 11) is 0. The van der Waals surface area contributed by atoms with Crippen LogP contribution in [0.2, 0.25) is 0 Å². The van der Waals surface area contributed by atoms with Gasteiger partial charge in [0.2, 0.25) is 0 Å². The number of aryl methyl sites for hydroxylation is 1. The lowest BCUT2D eigenvalue weighted by molar-refractivity contribution is -0.137. The number of benzene rings is 1. The number of carbonyl (C=O) groups is 1. The lowest BCUT2D eigenvalue weighted by atomic mass is 10.0. The fourth-order valence-corrected chi connectivity index (χ4v) is 1.89. The molecule has 0 aromatic heterocycles. The summed E-state index contributed by atoms with van der Waals surface area (Å²) in [5.74, 6) is 0.209. The number of carboxylic acids is 1. The van der Waals surface area contributed by atoms with Crippen LogP contribution >= 0.6 is 0 Å². The van der Waals surface area contributed by atoms with Gasteiger partial charge in [-0.25, -0.2) is 0 Å². The molecule has 0 saturated heterocycles. The molecule has 2 N–H and O–H groups in total. The van der Waals surface area contributed by atoms with E-state index in [1.807, 2.05) is 18.2 Å². The van der Waals surface area contributed by atoms with E-state index in [4.69, 9.17) is 5.11 Å². The topological polar surface area (TPSA) is 61.7 Å². The molecule has 0 spiro atoms. The zero-order valence-corrected chi connectivity index (χ0v) is 9.65. The lowest BCUT2D eigenvalue weighted by Gasteiger charge is -2.19. The first-order chi connectivity index (χ1) is 8.25. The van der Waals surface area contributed by atoms with Gasteiger partial charge in [-0.1, -0.05) is 18.2 Å². The molecule has 0 fully saturated rings. The summed E-state index contributed by atoms with van der Waals surface area (Å²) < 4.78 is 0. The van der Waals surface area contributed by atoms with Gasteiger partial charge < -0.3 is 10.4 Å². The van der Waals surface area contributed by atoms with Crippen LogP contribution in [-0.2, 0) is 11.2 Å². The van der Waals surface area contributed by atoms with Gasteiger partial charge >= 0.3 is 5.97 Å². The van der Waals surface area contributed by atoms with E-state index in [0.717, 1.165) is 24.4 Å². The Labute approximate surface area is 100 Å². The minimum atomic E-state index is -0.757. The van der Waals surface area contributed by atoms with Crippen LogP contribution in [0.5, 0.6) is 0 Å². The summed E-state index contributed by atoms with van der Waals surface area (Å²) in [4.78, 5) is 14.7. The van der Waals surface area contributed by atoms with Crippen molar-refractivity contribution in [2.45, 2.75) is 25.7 Å². The molecule has 0 atom stereocenters. The molecule has 0 aliphatic carbocycles. The van der Waals surface area contributed by atoms with Gasteiger partial charge in [-0.15, -0.1) is 0 Å². The van der Waals surface area contributed by atoms with Gasteiger partial charge in [0.05, 0.1) is 0 Å². The summed E-state index contributed by atoms with van der Waals surface area (Å²) >= 11 is 0. The molecule has 0 radical (unpaired) electrons. The highest BCUT2D eigenvalue weighted by molar-refractivity contribution is 5.98. The molecule has 17 heavy (non-hydrogen) atoms. The standard InChI is InChI=1S/C13H16N2O2/c16-13(17)6-3-9-14-12-8-7-10-4-1-2-5-11(10)15-12/h1-2,4-5H,3,6-9H2,(H,14,15)(H,16,17). The van der Waals surface area contributed by atoms with Gasteiger partial charge in [-0.2, -0.15) is 0 Å². The van der Waals surface area contributed by atoms with Crippen LogP contribution in [0.25, 0.3) is 0 Å². The van der Waals surface area contributed by atoms with Crippen LogP contribution in [0.15, 0.2) is 29.3 Å². The first-order valence-electron chi connectivity index (χ1n) is 5.86. The number of para-hydroxylation sites is 1. The summed E-state index contributed by atoms with van der Waals surface area (Å²) in [6, 6.07) is 8.19. The number of aliphatic carboxylic acids is 1. The zero-order valence-electron chi connectivity index (χ0n) is 9.65. The number of anilines is 1. The summed E-state index contributed by atoms with van der Waals surface area (Å²) in [5, 5.41) is 11.8. The molecule has 1 aromatic rings. The average molecular weight is 232 g/mol. The highest BCUT2D eigenvalue weighted by Gasteiger charge is 2.11. The number of rotatable bonds is 4. The molecule has 1 aliphatic heterocycles. The number of hydrogen-bond acceptors (Lipinski definition) is 2. The van der Waals surface area contributed by atoms with Gasteiger partial charge in [0.1, 0.15) is 5.84 Å². The van der Waals surface area contributed by atoms with E-state index in [1.54, 1.807) is 0 Å². The molecular weight excluding hydrogens is 216 g/mol. The smallest absolute Gasteiger partial charge is 0.303 e. The second-order valence-electron chi connectivity index (χ2n) is 4.11. The third-order valence-electron chi connectivity index (χ3n) is 2.78. The SMILES string of the molecule is O=C(O)CCCN=C1CCc2ccccc2N1. The van der Waals surface area contributed by atoms with Gasteiger partial charge in [0.15, 0.2) is 0 Å². The number of nitrogens with one attached hydrogen (secondary N) is 1. The monoisotopic (exact) mass is 232 g/mol. The van der Waals surface area contributed by atoms with Crippen LogP contribution in [0.4, 0.5) is 5.69 Å². The van der Waals surface area contributed by atoms with E-state index < -0.39 is 5.97 Å². The van der Waals surface area contributed by atoms with E-state index in [9.17, 15) is 4.79 Å². The molecule has 90 valence electrons. The molecular formula is C13H16N2O2. The second-order valence-corrected chi connectivity index (χ2v) is 4.11. The Hall–Kier alpha value is -1.84. The number of aliphatic imine (C=N–C) groups is 1. The van der Waals surface area contributed by atoms with Crippen LogP contribution < -0.4 is 5.32 Å². The van der Waals surface area contributed by atoms with E-state index in [2.05, 4.69) is 16.4 Å². The van der Waals surface area contributed by atoms with Crippen molar-refractivity contribution in [2.75, 3.05) is 11.9 Å². The maximum Gasteiger partial charge on any atom is 0.303 e. The van der Waals surface area contributed by atoms with Crippen molar-refractivity contribution < 1.29 is 9.90 Å². The van der Waals surface area contributed by atoms with Crippen molar-refractivity contribution in [1.29, 1.82) is 0 Å². The predicted molar refractivity (Wildman–Crippen MR) is 67.6 cm³/mol. The Morgan fingerprint density at radius 2 is 2.18 bits per heavy atom. The van der Waals surface area contributed by atoms with Crippen molar-refractivity contribution >= 4 is 17.5 Å². The van der Waals surface area contributed by atoms with Crippen LogP contribution in [0.3, 0.4) is 0 Å². The highest BCUT2D eigenvalue weighted by Crippen LogP contribution is 2.21. The first-order valence-corrected chi connectivity index (χ1v) is 5.86. The second kappa shape index (κ2) is 5.48. The Bertz CT molecular complexity index is 441. The van der Waals surface area contributed by atoms with Crippen molar-refractivity contribution in [3.8, 4) is 0 Å². The quantitative estimate of drug-likeness (QED) is 0.783. The van der Waals surface area contributed by atoms with Gasteiger partial charge in [0, 0.05) is 25.1 Å². The predicted octanol–water partition coefficient (Wildman–Crippen LogP) is 2.31. The summed E-state index contributed by atoms with van der Waals surface area (Å²) in [5.41, 5.74) is 2.44. The molecule has 1 heterocycles. The number of carboxylic acid groups (broad SMARTS) is 1. The lowest BCUT2D eigenvalue weighted by Crippen LogP contribution is -2.19. The Balaban J connectivity index is 1.89. The normalized spacial score (nSPS) is 16.4. The number of amidine groups is 1. The molecule has 0 amide bonds. The first kappa shape index (κ1) is 11.6. The zero-order chi connectivity index (χ0) is 12.1. The minimum Gasteiger partial charge on any atom is -0.481 e. The largest absolute Gasteiger partial charge is 0.481 e. The maximum atomic E-state index is 10.3. The highest BCUT2D eigenvalue weighted by atomic mass is 16.4. The third kappa shape index (κ3) is 3.31. The molecule has 0 unspecified atom stereocenters. The maximum absolute atomic E-state index is 10.3. The third-order valence-corrected chi connectivity index (χ3v) is 2.78. The average Bonchev–Trinajstić information content (AvgIpc) is 2.34. The Morgan fingerprint density at radius 1 is 1.35 bits per heavy atom. The fraction of sp³-hybridized carbons (Fsp3) is 0.385. The molecule has 2 rings (SSSR count). The molecule has 0 bridgehead atoms. The van der Waals surface area contributed by atoms with Crippen LogP contribution in [-0.4, -0.2) is 23.5 Å². The Morgan fingerprint density at radius 3 is 3.00 bits per heavy atom. The fourth-order valence-electron chi connectivity index (χ4n) is 1.89. The van der Waals surface area contributed by atoms with Crippen LogP contribution in [0, 0.1) is 0 Å². The molecule has 0 saturated carbocycles. The van der Waals surface area contributed by atoms with Crippen molar-refractivity contribution in [3.05, 3.63) is 29.8 Å². The van der Waals surface area contributed by atoms with Gasteiger partial charge in [0.25, 0.3) is 0 Å². The van der Waals surface area contributed by atoms with Crippen molar-refractivity contribution in [2.24, 2.45) is 4.99 Å². The van der Waals surface area contributed by atoms with Gasteiger partial charge in [-0.3, -0.25) is 9.79 Å². The molecule has 1 aromatic carbocycles. The molecule has 4 nitrogen and oxygen atoms in total. The van der Waals surface area contributed by atoms with E-state index in [-0.39, 0.29) is 6.42 Å². The van der Waals surface area contributed by atoms with Gasteiger partial charge in [-0.05, 0) is 24.5 Å². The number of fused-ring (bicyclic) bond motifs is 1. The summed E-state index contributed by atoms with van der Waals surface area (Å²) in [6.45, 7) is 0.580. The van der Waals surface area contributed by atoms with E-state index in [0.29, 0.717) is 13.0 Å². The van der Waals surface area contributed by atoms with Crippen molar-refractivity contribution in [1.82, 2.24) is 0 Å². The van der Waals surface area contributed by atoms with Crippen LogP contribution in [0.1, 0.15) is 24.8 Å². The van der Waals surface area contributed by atoms with E-state index in [1.165, 1.54) is 5.56 Å². The van der Waals surface area contributed by atoms with E-state index >= 15 is 0 Å². The summed E-state index contributed by atoms with van der Waals surface area (Å²) in [6.07, 6.45) is 2.69. The minimum absolute atomic E-state index is 0.188. The molecule has 4 heteroatoms. The number of nitrogens with zero attached hydrogens (tertiary/aromatic N) is 1. The van der Waals surface area contributed by atoms with Crippen molar-refractivity contribution in [3.63, 3.8) is 0 Å². The molecule has 1 aliphatic rings. The number of hydrogen-bond donors (Lipinski definition) is 2. The Kier molecular flexibility index (Phi) is 3.75.